The second kappa shape index (κ2) is 6.57. The van der Waals surface area contributed by atoms with E-state index in [0.717, 1.165) is 24.8 Å². The Balaban J connectivity index is 2.09. The average molecular weight is 294 g/mol. The molecule has 5 heteroatoms. The Labute approximate surface area is 122 Å². The molecule has 2 N–H and O–H groups in total. The third-order valence-electron chi connectivity index (χ3n) is 3.26. The highest BCUT2D eigenvalue weighted by atomic mass is 35.5. The number of anilines is 1. The monoisotopic (exact) mass is 293 g/mol. The van der Waals surface area contributed by atoms with Gasteiger partial charge in [-0.1, -0.05) is 23.3 Å². The molecule has 1 amide bonds. The van der Waals surface area contributed by atoms with E-state index in [1.807, 2.05) is 0 Å². The van der Waals surface area contributed by atoms with E-state index >= 15 is 0 Å². The summed E-state index contributed by atoms with van der Waals surface area (Å²) in [6.07, 6.45) is 6.64. The van der Waals surface area contributed by atoms with Crippen LogP contribution in [0.4, 0.5) is 5.69 Å². The number of allylic oxidation sites excluding steroid dienone is 1. The standard InChI is InChI=1S/C15H16ClNO3/c16-11-6-7-12(15(19)20)13(9-11)17-14(18)8-10-4-2-1-3-5-10/h4,6-7,9H,1-3,5,8H2,(H,17,18)(H,19,20). The highest BCUT2D eigenvalue weighted by Gasteiger charge is 2.14. The van der Waals surface area contributed by atoms with Gasteiger partial charge in [-0.05, 0) is 43.9 Å². The number of nitrogens with one attached hydrogen (secondary N) is 1. The molecule has 1 aromatic carbocycles. The number of carboxylic acid groups (broad SMARTS) is 1. The number of aromatic carboxylic acids is 1. The lowest BCUT2D eigenvalue weighted by atomic mass is 9.97. The Morgan fingerprint density at radius 1 is 1.30 bits per heavy atom. The van der Waals surface area contributed by atoms with Crippen molar-refractivity contribution in [1.82, 2.24) is 0 Å². The van der Waals surface area contributed by atoms with E-state index in [2.05, 4.69) is 11.4 Å². The number of hydrogen-bond acceptors (Lipinski definition) is 2. The first-order chi connectivity index (χ1) is 9.56. The summed E-state index contributed by atoms with van der Waals surface area (Å²) >= 11 is 5.84. The van der Waals surface area contributed by atoms with Crippen LogP contribution in [0.1, 0.15) is 42.5 Å². The number of carboxylic acids is 1. The molecule has 106 valence electrons. The minimum absolute atomic E-state index is 0.0420. The summed E-state index contributed by atoms with van der Waals surface area (Å²) < 4.78 is 0. The lowest BCUT2D eigenvalue weighted by molar-refractivity contribution is -0.115. The Morgan fingerprint density at radius 3 is 2.75 bits per heavy atom. The van der Waals surface area contributed by atoms with Crippen LogP contribution in [0.15, 0.2) is 29.8 Å². The van der Waals surface area contributed by atoms with E-state index in [1.165, 1.54) is 24.6 Å². The van der Waals surface area contributed by atoms with Crippen molar-refractivity contribution in [1.29, 1.82) is 0 Å². The van der Waals surface area contributed by atoms with Crippen LogP contribution in [0.2, 0.25) is 5.02 Å². The fourth-order valence-corrected chi connectivity index (χ4v) is 2.44. The van der Waals surface area contributed by atoms with E-state index in [9.17, 15) is 9.59 Å². The first-order valence-corrected chi connectivity index (χ1v) is 6.94. The average Bonchev–Trinajstić information content (AvgIpc) is 2.39. The van der Waals surface area contributed by atoms with Crippen molar-refractivity contribution < 1.29 is 14.7 Å². The zero-order valence-electron chi connectivity index (χ0n) is 11.0. The number of rotatable bonds is 4. The second-order valence-corrected chi connectivity index (χ2v) is 5.26. The van der Waals surface area contributed by atoms with Crippen LogP contribution in [0.3, 0.4) is 0 Å². The van der Waals surface area contributed by atoms with Crippen LogP contribution >= 0.6 is 11.6 Å². The van der Waals surface area contributed by atoms with Crippen LogP contribution in [-0.4, -0.2) is 17.0 Å². The Bertz CT molecular complexity index is 566. The molecular formula is C15H16ClNO3. The molecule has 0 saturated heterocycles. The van der Waals surface area contributed by atoms with Crippen LogP contribution in [-0.2, 0) is 4.79 Å². The van der Waals surface area contributed by atoms with Gasteiger partial charge in [-0.15, -0.1) is 0 Å². The van der Waals surface area contributed by atoms with Crippen LogP contribution < -0.4 is 5.32 Å². The van der Waals surface area contributed by atoms with Crippen molar-refractivity contribution in [3.05, 3.63) is 40.4 Å². The Morgan fingerprint density at radius 2 is 2.10 bits per heavy atom. The molecule has 0 atom stereocenters. The molecule has 0 unspecified atom stereocenters. The lowest BCUT2D eigenvalue weighted by Crippen LogP contribution is -2.15. The number of amides is 1. The topological polar surface area (TPSA) is 66.4 Å². The third-order valence-corrected chi connectivity index (χ3v) is 3.49. The maximum Gasteiger partial charge on any atom is 0.337 e. The highest BCUT2D eigenvalue weighted by Crippen LogP contribution is 2.23. The van der Waals surface area contributed by atoms with Gasteiger partial charge in [-0.3, -0.25) is 4.79 Å². The molecule has 1 aliphatic carbocycles. The van der Waals surface area contributed by atoms with Gasteiger partial charge in [0.1, 0.15) is 0 Å². The SMILES string of the molecule is O=C(CC1=CCCCC1)Nc1cc(Cl)ccc1C(=O)O. The van der Waals surface area contributed by atoms with Crippen LogP contribution in [0, 0.1) is 0 Å². The normalized spacial score (nSPS) is 14.6. The third kappa shape index (κ3) is 3.84. The fourth-order valence-electron chi connectivity index (χ4n) is 2.27. The number of halogens is 1. The van der Waals surface area contributed by atoms with Gasteiger partial charge >= 0.3 is 5.97 Å². The number of carbonyl (C=O) groups is 2. The maximum atomic E-state index is 12.0. The summed E-state index contributed by atoms with van der Waals surface area (Å²) in [5.41, 5.74) is 1.40. The van der Waals surface area contributed by atoms with Crippen molar-refractivity contribution in [2.45, 2.75) is 32.1 Å². The molecule has 0 saturated carbocycles. The molecule has 0 radical (unpaired) electrons. The molecule has 0 heterocycles. The largest absolute Gasteiger partial charge is 0.478 e. The van der Waals surface area contributed by atoms with Gasteiger partial charge < -0.3 is 10.4 Å². The van der Waals surface area contributed by atoms with Crippen LogP contribution in [0.5, 0.6) is 0 Å². The molecule has 1 aliphatic rings. The van der Waals surface area contributed by atoms with Gasteiger partial charge in [0.05, 0.1) is 11.3 Å². The van der Waals surface area contributed by atoms with E-state index < -0.39 is 5.97 Å². The van der Waals surface area contributed by atoms with E-state index in [-0.39, 0.29) is 17.2 Å². The minimum Gasteiger partial charge on any atom is -0.478 e. The quantitative estimate of drug-likeness (QED) is 0.828. The Hall–Kier alpha value is -1.81. The van der Waals surface area contributed by atoms with Gasteiger partial charge in [0.15, 0.2) is 0 Å². The summed E-state index contributed by atoms with van der Waals surface area (Å²) in [5.74, 6) is -1.29. The summed E-state index contributed by atoms with van der Waals surface area (Å²) in [6, 6.07) is 4.34. The molecule has 0 bridgehead atoms. The number of hydrogen-bond donors (Lipinski definition) is 2. The molecule has 1 aromatic rings. The molecule has 2 rings (SSSR count). The maximum absolute atomic E-state index is 12.0. The summed E-state index contributed by atoms with van der Waals surface area (Å²) in [5, 5.41) is 12.1. The molecule has 0 fully saturated rings. The number of benzene rings is 1. The smallest absolute Gasteiger partial charge is 0.337 e. The van der Waals surface area contributed by atoms with Gasteiger partial charge in [0.25, 0.3) is 0 Å². The van der Waals surface area contributed by atoms with E-state index in [1.54, 1.807) is 0 Å². The van der Waals surface area contributed by atoms with Gasteiger partial charge in [-0.25, -0.2) is 4.79 Å². The van der Waals surface area contributed by atoms with Gasteiger partial charge in [0.2, 0.25) is 5.91 Å². The van der Waals surface area contributed by atoms with E-state index in [4.69, 9.17) is 16.7 Å². The summed E-state index contributed by atoms with van der Waals surface area (Å²) in [7, 11) is 0. The molecule has 0 spiro atoms. The molecule has 0 aliphatic heterocycles. The molecule has 4 nitrogen and oxygen atoms in total. The Kier molecular flexibility index (Phi) is 4.79. The van der Waals surface area contributed by atoms with Crippen molar-refractivity contribution in [2.75, 3.05) is 5.32 Å². The van der Waals surface area contributed by atoms with Crippen LogP contribution in [0.25, 0.3) is 0 Å². The predicted octanol–water partition coefficient (Wildman–Crippen LogP) is 3.87. The molecule has 20 heavy (non-hydrogen) atoms. The van der Waals surface area contributed by atoms with Crippen molar-refractivity contribution in [3.63, 3.8) is 0 Å². The molecule has 0 aromatic heterocycles. The predicted molar refractivity (Wildman–Crippen MR) is 78.2 cm³/mol. The zero-order chi connectivity index (χ0) is 14.5. The first-order valence-electron chi connectivity index (χ1n) is 6.57. The number of carbonyl (C=O) groups excluding carboxylic acids is 1. The van der Waals surface area contributed by atoms with Gasteiger partial charge in [-0.2, -0.15) is 0 Å². The highest BCUT2D eigenvalue weighted by molar-refractivity contribution is 6.31. The van der Waals surface area contributed by atoms with Gasteiger partial charge in [0, 0.05) is 11.4 Å². The minimum atomic E-state index is -1.09. The zero-order valence-corrected chi connectivity index (χ0v) is 11.7. The first kappa shape index (κ1) is 14.6. The fraction of sp³-hybridized carbons (Fsp3) is 0.333. The van der Waals surface area contributed by atoms with Crippen molar-refractivity contribution >= 4 is 29.2 Å². The van der Waals surface area contributed by atoms with E-state index in [0.29, 0.717) is 11.4 Å². The molecular weight excluding hydrogens is 278 g/mol. The lowest BCUT2D eigenvalue weighted by Gasteiger charge is -2.13. The second-order valence-electron chi connectivity index (χ2n) is 4.83. The van der Waals surface area contributed by atoms with Crippen molar-refractivity contribution in [3.8, 4) is 0 Å². The summed E-state index contributed by atoms with van der Waals surface area (Å²) in [6.45, 7) is 0. The van der Waals surface area contributed by atoms with Crippen molar-refractivity contribution in [2.24, 2.45) is 0 Å². The summed E-state index contributed by atoms with van der Waals surface area (Å²) in [4.78, 5) is 23.1.